The van der Waals surface area contributed by atoms with Crippen LogP contribution in [-0.4, -0.2) is 35.9 Å². The highest BCUT2D eigenvalue weighted by Crippen LogP contribution is 2.16. The highest BCUT2D eigenvalue weighted by Gasteiger charge is 2.19. The predicted octanol–water partition coefficient (Wildman–Crippen LogP) is 2.35. The minimum absolute atomic E-state index is 0.110. The largest absolute Gasteiger partial charge is 0.467 e. The molecule has 6 nitrogen and oxygen atoms in total. The Morgan fingerprint density at radius 3 is 2.26 bits per heavy atom. The molecule has 0 saturated carbocycles. The summed E-state index contributed by atoms with van der Waals surface area (Å²) in [4.78, 5) is 23.0. The Kier molecular flexibility index (Phi) is 6.57. The second-order valence-electron chi connectivity index (χ2n) is 6.42. The van der Waals surface area contributed by atoms with E-state index in [1.165, 1.54) is 7.11 Å². The van der Waals surface area contributed by atoms with Crippen molar-refractivity contribution in [2.24, 2.45) is 0 Å². The monoisotopic (exact) mass is 323 g/mol. The van der Waals surface area contributed by atoms with E-state index >= 15 is 0 Å². The number of carbonyl (C=O) groups is 2. The lowest BCUT2D eigenvalue weighted by Crippen LogP contribution is -2.38. The molecule has 6 heteroatoms. The predicted molar refractivity (Wildman–Crippen MR) is 86.0 cm³/mol. The van der Waals surface area contributed by atoms with Crippen LogP contribution in [0.15, 0.2) is 24.3 Å². The number of hydrogen-bond acceptors (Lipinski definition) is 5. The highest BCUT2D eigenvalue weighted by atomic mass is 16.6. The van der Waals surface area contributed by atoms with Gasteiger partial charge in [0.2, 0.25) is 0 Å². The highest BCUT2D eigenvalue weighted by molar-refractivity contribution is 5.76. The molecular formula is C17H25NO5. The van der Waals surface area contributed by atoms with E-state index in [-0.39, 0.29) is 6.04 Å². The number of carbonyl (C=O) groups excluding carboxylic acids is 2. The van der Waals surface area contributed by atoms with Gasteiger partial charge in [-0.05, 0) is 45.2 Å². The zero-order valence-corrected chi connectivity index (χ0v) is 14.3. The van der Waals surface area contributed by atoms with Gasteiger partial charge in [-0.3, -0.25) is 0 Å². The molecule has 128 valence electrons. The molecule has 23 heavy (non-hydrogen) atoms. The molecule has 1 unspecified atom stereocenters. The number of amides is 1. The average molecular weight is 323 g/mol. The topological polar surface area (TPSA) is 84.9 Å². The van der Waals surface area contributed by atoms with Crippen molar-refractivity contribution in [1.82, 2.24) is 5.32 Å². The van der Waals surface area contributed by atoms with Gasteiger partial charge in [-0.2, -0.15) is 0 Å². The summed E-state index contributed by atoms with van der Waals surface area (Å²) in [6, 6.07) is 6.82. The van der Waals surface area contributed by atoms with Crippen LogP contribution < -0.4 is 5.32 Å². The third kappa shape index (κ3) is 6.69. The Hall–Kier alpha value is -2.08. The van der Waals surface area contributed by atoms with Crippen molar-refractivity contribution < 1.29 is 24.2 Å². The minimum atomic E-state index is -1.29. The van der Waals surface area contributed by atoms with Crippen LogP contribution in [-0.2, 0) is 20.7 Å². The van der Waals surface area contributed by atoms with Crippen LogP contribution in [0.3, 0.4) is 0 Å². The molecule has 1 aromatic rings. The number of alkyl carbamates (subject to hydrolysis) is 1. The number of ether oxygens (including phenoxy) is 2. The van der Waals surface area contributed by atoms with Gasteiger partial charge in [-0.25, -0.2) is 9.59 Å². The maximum Gasteiger partial charge on any atom is 0.407 e. The molecule has 2 atom stereocenters. The molecule has 0 saturated heterocycles. The standard InChI is InChI=1S/C17H25NO5/c1-11(18-16(21)23-17(2,3)4)10-12-6-8-13(9-7-12)14(19)15(20)22-5/h6-9,11,14,19H,10H2,1-5H3,(H,18,21)/t11-,14?/m1/s1. The zero-order chi connectivity index (χ0) is 17.6. The van der Waals surface area contributed by atoms with E-state index in [1.54, 1.807) is 24.3 Å². The van der Waals surface area contributed by atoms with Crippen LogP contribution in [0.4, 0.5) is 4.79 Å². The average Bonchev–Trinajstić information content (AvgIpc) is 2.44. The van der Waals surface area contributed by atoms with Crippen LogP contribution in [0.1, 0.15) is 44.9 Å². The summed E-state index contributed by atoms with van der Waals surface area (Å²) in [6.07, 6.45) is -1.14. The van der Waals surface area contributed by atoms with Gasteiger partial charge in [0.15, 0.2) is 6.10 Å². The molecule has 0 radical (unpaired) electrons. The van der Waals surface area contributed by atoms with Crippen molar-refractivity contribution >= 4 is 12.1 Å². The lowest BCUT2D eigenvalue weighted by molar-refractivity contribution is -0.150. The molecule has 1 aromatic carbocycles. The van der Waals surface area contributed by atoms with Gasteiger partial charge < -0.3 is 19.9 Å². The molecule has 1 rings (SSSR count). The summed E-state index contributed by atoms with van der Waals surface area (Å²) in [6.45, 7) is 7.30. The molecule has 0 bridgehead atoms. The molecule has 0 heterocycles. The molecule has 1 amide bonds. The second kappa shape index (κ2) is 7.97. The second-order valence-corrected chi connectivity index (χ2v) is 6.42. The van der Waals surface area contributed by atoms with E-state index in [2.05, 4.69) is 10.1 Å². The van der Waals surface area contributed by atoms with Crippen molar-refractivity contribution in [2.45, 2.75) is 51.9 Å². The first-order chi connectivity index (χ1) is 10.6. The Morgan fingerprint density at radius 1 is 1.22 bits per heavy atom. The maximum atomic E-state index is 11.7. The Morgan fingerprint density at radius 2 is 1.78 bits per heavy atom. The quantitative estimate of drug-likeness (QED) is 0.813. The van der Waals surface area contributed by atoms with Gasteiger partial charge in [-0.1, -0.05) is 24.3 Å². The summed E-state index contributed by atoms with van der Waals surface area (Å²) < 4.78 is 9.70. The van der Waals surface area contributed by atoms with Crippen molar-refractivity contribution in [2.75, 3.05) is 7.11 Å². The van der Waals surface area contributed by atoms with Gasteiger partial charge in [0.1, 0.15) is 5.60 Å². The Bertz CT molecular complexity index is 533. The van der Waals surface area contributed by atoms with Crippen LogP contribution in [0.25, 0.3) is 0 Å². The molecule has 0 aliphatic carbocycles. The van der Waals surface area contributed by atoms with Crippen LogP contribution in [0.2, 0.25) is 0 Å². The minimum Gasteiger partial charge on any atom is -0.467 e. The number of benzene rings is 1. The van der Waals surface area contributed by atoms with Gasteiger partial charge in [0, 0.05) is 6.04 Å². The van der Waals surface area contributed by atoms with Crippen molar-refractivity contribution in [1.29, 1.82) is 0 Å². The third-order valence-corrected chi connectivity index (χ3v) is 3.02. The van der Waals surface area contributed by atoms with E-state index in [9.17, 15) is 14.7 Å². The fraction of sp³-hybridized carbons (Fsp3) is 0.529. The van der Waals surface area contributed by atoms with Crippen LogP contribution in [0.5, 0.6) is 0 Å². The molecule has 2 N–H and O–H groups in total. The van der Waals surface area contributed by atoms with Gasteiger partial charge >= 0.3 is 12.1 Å². The lowest BCUT2D eigenvalue weighted by Gasteiger charge is -2.22. The summed E-state index contributed by atoms with van der Waals surface area (Å²) in [5.74, 6) is -0.697. The van der Waals surface area contributed by atoms with Crippen LogP contribution in [0, 0.1) is 0 Å². The smallest absolute Gasteiger partial charge is 0.407 e. The number of esters is 1. The first-order valence-electron chi connectivity index (χ1n) is 7.46. The van der Waals surface area contributed by atoms with E-state index < -0.39 is 23.8 Å². The van der Waals surface area contributed by atoms with E-state index in [0.29, 0.717) is 12.0 Å². The molecule has 0 fully saturated rings. The van der Waals surface area contributed by atoms with Crippen LogP contribution >= 0.6 is 0 Å². The molecule has 0 aromatic heterocycles. The number of hydrogen-bond donors (Lipinski definition) is 2. The number of methoxy groups -OCH3 is 1. The molecular weight excluding hydrogens is 298 g/mol. The molecule has 0 aliphatic heterocycles. The normalized spacial score (nSPS) is 13.8. The summed E-state index contributed by atoms with van der Waals surface area (Å²) in [7, 11) is 1.23. The number of nitrogens with one attached hydrogen (secondary N) is 1. The van der Waals surface area contributed by atoms with Gasteiger partial charge in [0.25, 0.3) is 0 Å². The van der Waals surface area contributed by atoms with Gasteiger partial charge in [0.05, 0.1) is 7.11 Å². The Balaban J connectivity index is 2.58. The van der Waals surface area contributed by atoms with Crippen molar-refractivity contribution in [3.63, 3.8) is 0 Å². The van der Waals surface area contributed by atoms with Crippen molar-refractivity contribution in [3.8, 4) is 0 Å². The summed E-state index contributed by atoms with van der Waals surface area (Å²) in [5.41, 5.74) is 0.901. The van der Waals surface area contributed by atoms with Gasteiger partial charge in [-0.15, -0.1) is 0 Å². The SMILES string of the molecule is COC(=O)C(O)c1ccc(C[C@@H](C)NC(=O)OC(C)(C)C)cc1. The third-order valence-electron chi connectivity index (χ3n) is 3.02. The number of aliphatic hydroxyl groups excluding tert-OH is 1. The number of aliphatic hydroxyl groups is 1. The molecule has 0 aliphatic rings. The fourth-order valence-corrected chi connectivity index (χ4v) is 2.00. The summed E-state index contributed by atoms with van der Waals surface area (Å²) in [5, 5.41) is 12.5. The van der Waals surface area contributed by atoms with E-state index in [1.807, 2.05) is 27.7 Å². The first kappa shape index (κ1) is 19.0. The van der Waals surface area contributed by atoms with Crippen molar-refractivity contribution in [3.05, 3.63) is 35.4 Å². The zero-order valence-electron chi connectivity index (χ0n) is 14.3. The fourth-order valence-electron chi connectivity index (χ4n) is 2.00. The summed E-state index contributed by atoms with van der Waals surface area (Å²) >= 11 is 0. The van der Waals surface area contributed by atoms with E-state index in [4.69, 9.17) is 4.74 Å². The first-order valence-corrected chi connectivity index (χ1v) is 7.46. The van der Waals surface area contributed by atoms with E-state index in [0.717, 1.165) is 5.56 Å². The number of rotatable bonds is 5. The molecule has 0 spiro atoms. The maximum absolute atomic E-state index is 11.7. The Labute approximate surface area is 136 Å². The lowest BCUT2D eigenvalue weighted by atomic mass is 10.0.